The molecule has 13 heavy (non-hydrogen) atoms. The summed E-state index contributed by atoms with van der Waals surface area (Å²) in [6, 6.07) is 2.16. The largest absolute Gasteiger partial charge is 0.298 e. The maximum atomic E-state index is 11.3. The van der Waals surface area contributed by atoms with Crippen molar-refractivity contribution >= 4 is 5.78 Å². The highest BCUT2D eigenvalue weighted by Crippen LogP contribution is 2.35. The first-order valence-corrected chi connectivity index (χ1v) is 5.01. The van der Waals surface area contributed by atoms with Gasteiger partial charge in [0.05, 0.1) is 6.07 Å². The molecule has 0 aliphatic heterocycles. The van der Waals surface area contributed by atoms with E-state index in [0.717, 1.165) is 6.42 Å². The number of rotatable bonds is 3. The van der Waals surface area contributed by atoms with Crippen molar-refractivity contribution in [3.05, 3.63) is 0 Å². The van der Waals surface area contributed by atoms with E-state index in [9.17, 15) is 4.79 Å². The second-order valence-electron chi connectivity index (χ2n) is 4.35. The van der Waals surface area contributed by atoms with Crippen molar-refractivity contribution in [2.45, 2.75) is 46.0 Å². The monoisotopic (exact) mass is 179 g/mol. The molecule has 0 saturated heterocycles. The van der Waals surface area contributed by atoms with Crippen molar-refractivity contribution in [3.8, 4) is 6.07 Å². The van der Waals surface area contributed by atoms with Gasteiger partial charge in [-0.2, -0.15) is 5.26 Å². The molecule has 1 aliphatic rings. The van der Waals surface area contributed by atoms with Crippen molar-refractivity contribution in [2.75, 3.05) is 0 Å². The SMILES string of the molecule is CC(=O)C(C)(C#N)CC1CCCC1. The Morgan fingerprint density at radius 3 is 2.46 bits per heavy atom. The minimum Gasteiger partial charge on any atom is -0.298 e. The molecule has 1 saturated carbocycles. The van der Waals surface area contributed by atoms with Crippen LogP contribution in [0.4, 0.5) is 0 Å². The third-order valence-corrected chi connectivity index (χ3v) is 3.20. The molecule has 0 aromatic carbocycles. The third-order valence-electron chi connectivity index (χ3n) is 3.20. The molecular formula is C11H17NO. The lowest BCUT2D eigenvalue weighted by Gasteiger charge is -2.21. The predicted molar refractivity (Wildman–Crippen MR) is 51.0 cm³/mol. The van der Waals surface area contributed by atoms with Gasteiger partial charge in [0, 0.05) is 0 Å². The van der Waals surface area contributed by atoms with E-state index in [0.29, 0.717) is 5.92 Å². The Bertz CT molecular complexity index is 235. The number of ketones is 1. The molecule has 1 atom stereocenters. The minimum atomic E-state index is -0.727. The van der Waals surface area contributed by atoms with Crippen LogP contribution in [0.15, 0.2) is 0 Å². The van der Waals surface area contributed by atoms with Gasteiger partial charge in [0.1, 0.15) is 11.2 Å². The summed E-state index contributed by atoms with van der Waals surface area (Å²) in [7, 11) is 0. The predicted octanol–water partition coefficient (Wildman–Crippen LogP) is 2.69. The maximum absolute atomic E-state index is 11.3. The summed E-state index contributed by atoms with van der Waals surface area (Å²) in [5.41, 5.74) is -0.727. The Hall–Kier alpha value is -0.840. The van der Waals surface area contributed by atoms with Crippen molar-refractivity contribution in [3.63, 3.8) is 0 Å². The molecule has 0 aromatic heterocycles. The van der Waals surface area contributed by atoms with Gasteiger partial charge in [0.25, 0.3) is 0 Å². The van der Waals surface area contributed by atoms with Crippen LogP contribution in [0.25, 0.3) is 0 Å². The lowest BCUT2D eigenvalue weighted by Crippen LogP contribution is -2.26. The maximum Gasteiger partial charge on any atom is 0.149 e. The summed E-state index contributed by atoms with van der Waals surface area (Å²) in [5, 5.41) is 8.95. The molecule has 2 heteroatoms. The molecule has 0 amide bonds. The van der Waals surface area contributed by atoms with Crippen LogP contribution in [-0.4, -0.2) is 5.78 Å². The summed E-state index contributed by atoms with van der Waals surface area (Å²) < 4.78 is 0. The van der Waals surface area contributed by atoms with Gasteiger partial charge in [0.15, 0.2) is 0 Å². The Labute approximate surface area is 79.9 Å². The Kier molecular flexibility index (Phi) is 3.08. The molecule has 1 rings (SSSR count). The zero-order chi connectivity index (χ0) is 9.90. The summed E-state index contributed by atoms with van der Waals surface area (Å²) >= 11 is 0. The fourth-order valence-electron chi connectivity index (χ4n) is 2.06. The van der Waals surface area contributed by atoms with Crippen molar-refractivity contribution in [1.82, 2.24) is 0 Å². The Morgan fingerprint density at radius 1 is 1.54 bits per heavy atom. The quantitative estimate of drug-likeness (QED) is 0.668. The van der Waals surface area contributed by atoms with E-state index in [1.165, 1.54) is 32.6 Å². The molecule has 0 bridgehead atoms. The topological polar surface area (TPSA) is 40.9 Å². The van der Waals surface area contributed by atoms with Gasteiger partial charge in [-0.3, -0.25) is 4.79 Å². The van der Waals surface area contributed by atoms with Crippen LogP contribution in [0.5, 0.6) is 0 Å². The van der Waals surface area contributed by atoms with E-state index in [1.54, 1.807) is 6.92 Å². The first-order chi connectivity index (χ1) is 6.08. The van der Waals surface area contributed by atoms with E-state index in [1.807, 2.05) is 0 Å². The smallest absolute Gasteiger partial charge is 0.149 e. The molecule has 0 radical (unpaired) electrons. The summed E-state index contributed by atoms with van der Waals surface area (Å²) in [6.45, 7) is 3.30. The lowest BCUT2D eigenvalue weighted by molar-refractivity contribution is -0.123. The molecular weight excluding hydrogens is 162 g/mol. The van der Waals surface area contributed by atoms with E-state index in [-0.39, 0.29) is 5.78 Å². The van der Waals surface area contributed by atoms with E-state index < -0.39 is 5.41 Å². The normalized spacial score (nSPS) is 22.2. The molecule has 1 aliphatic carbocycles. The molecule has 0 N–H and O–H groups in total. The molecule has 1 fully saturated rings. The van der Waals surface area contributed by atoms with E-state index >= 15 is 0 Å². The third kappa shape index (κ3) is 2.30. The minimum absolute atomic E-state index is 0.0156. The molecule has 2 nitrogen and oxygen atoms in total. The van der Waals surface area contributed by atoms with Crippen LogP contribution >= 0.6 is 0 Å². The van der Waals surface area contributed by atoms with E-state index in [4.69, 9.17) is 5.26 Å². The van der Waals surface area contributed by atoms with Gasteiger partial charge < -0.3 is 0 Å². The highest BCUT2D eigenvalue weighted by Gasteiger charge is 2.33. The van der Waals surface area contributed by atoms with Gasteiger partial charge >= 0.3 is 0 Å². The van der Waals surface area contributed by atoms with Crippen molar-refractivity contribution in [1.29, 1.82) is 5.26 Å². The van der Waals surface area contributed by atoms with Crippen LogP contribution in [0.1, 0.15) is 46.0 Å². The number of hydrogen-bond acceptors (Lipinski definition) is 2. The molecule has 1 unspecified atom stereocenters. The van der Waals surface area contributed by atoms with Gasteiger partial charge in [-0.05, 0) is 26.2 Å². The van der Waals surface area contributed by atoms with Gasteiger partial charge in [0.2, 0.25) is 0 Å². The van der Waals surface area contributed by atoms with Crippen LogP contribution < -0.4 is 0 Å². The average Bonchev–Trinajstić information content (AvgIpc) is 2.56. The van der Waals surface area contributed by atoms with Crippen LogP contribution in [0.3, 0.4) is 0 Å². The van der Waals surface area contributed by atoms with Crippen LogP contribution in [-0.2, 0) is 4.79 Å². The van der Waals surface area contributed by atoms with E-state index in [2.05, 4.69) is 6.07 Å². The molecule has 0 heterocycles. The Morgan fingerprint density at radius 2 is 2.08 bits per heavy atom. The van der Waals surface area contributed by atoms with Crippen LogP contribution in [0.2, 0.25) is 0 Å². The molecule has 0 aromatic rings. The summed E-state index contributed by atoms with van der Waals surface area (Å²) in [5.74, 6) is 0.621. The number of carbonyl (C=O) groups is 1. The lowest BCUT2D eigenvalue weighted by atomic mass is 9.79. The highest BCUT2D eigenvalue weighted by atomic mass is 16.1. The Balaban J connectivity index is 2.58. The number of nitriles is 1. The van der Waals surface area contributed by atoms with Gasteiger partial charge in [-0.1, -0.05) is 25.7 Å². The standard InChI is InChI=1S/C11H17NO/c1-9(13)11(2,8-12)7-10-5-3-4-6-10/h10H,3-7H2,1-2H3. The van der Waals surface area contributed by atoms with Gasteiger partial charge in [-0.15, -0.1) is 0 Å². The first-order valence-electron chi connectivity index (χ1n) is 5.01. The fraction of sp³-hybridized carbons (Fsp3) is 0.818. The number of carbonyl (C=O) groups excluding carboxylic acids is 1. The summed E-state index contributed by atoms with van der Waals surface area (Å²) in [6.07, 6.45) is 5.70. The van der Waals surface area contributed by atoms with Crippen molar-refractivity contribution < 1.29 is 4.79 Å². The first kappa shape index (κ1) is 10.2. The number of nitrogens with zero attached hydrogens (tertiary/aromatic N) is 1. The average molecular weight is 179 g/mol. The zero-order valence-electron chi connectivity index (χ0n) is 8.47. The highest BCUT2D eigenvalue weighted by molar-refractivity contribution is 5.84. The van der Waals surface area contributed by atoms with Crippen LogP contribution in [0, 0.1) is 22.7 Å². The summed E-state index contributed by atoms with van der Waals surface area (Å²) in [4.78, 5) is 11.3. The second kappa shape index (κ2) is 3.91. The second-order valence-corrected chi connectivity index (χ2v) is 4.35. The molecule has 0 spiro atoms. The van der Waals surface area contributed by atoms with Gasteiger partial charge in [-0.25, -0.2) is 0 Å². The number of Topliss-reactive ketones (excluding diaryl/α,β-unsaturated/α-hetero) is 1. The van der Waals surface area contributed by atoms with Crippen molar-refractivity contribution in [2.24, 2.45) is 11.3 Å². The fourth-order valence-corrected chi connectivity index (χ4v) is 2.06. The number of hydrogen-bond donors (Lipinski definition) is 0. The molecule has 72 valence electrons. The zero-order valence-corrected chi connectivity index (χ0v) is 8.47.